The van der Waals surface area contributed by atoms with Crippen LogP contribution in [0.25, 0.3) is 0 Å². The minimum atomic E-state index is 0. The Balaban J connectivity index is 0.00000364. The quantitative estimate of drug-likeness (QED) is 0.300. The van der Waals surface area contributed by atoms with Gasteiger partial charge >= 0.3 is 0 Å². The van der Waals surface area contributed by atoms with Gasteiger partial charge in [0.2, 0.25) is 0 Å². The Bertz CT molecular complexity index is 688. The van der Waals surface area contributed by atoms with E-state index in [1.807, 2.05) is 12.1 Å². The number of thiazole rings is 1. The van der Waals surface area contributed by atoms with E-state index in [9.17, 15) is 0 Å². The molecular weight excluding hydrogens is 471 g/mol. The van der Waals surface area contributed by atoms with Crippen molar-refractivity contribution in [3.8, 4) is 5.75 Å². The van der Waals surface area contributed by atoms with E-state index in [-0.39, 0.29) is 24.0 Å². The van der Waals surface area contributed by atoms with Crippen LogP contribution in [0.15, 0.2) is 34.6 Å². The third kappa shape index (κ3) is 8.04. The number of guanidine groups is 1. The van der Waals surface area contributed by atoms with Gasteiger partial charge < -0.3 is 15.4 Å². The van der Waals surface area contributed by atoms with Crippen molar-refractivity contribution in [2.24, 2.45) is 4.99 Å². The lowest BCUT2D eigenvalue weighted by molar-refractivity contribution is 0.414. The highest BCUT2D eigenvalue weighted by Gasteiger charge is 2.07. The number of rotatable bonds is 9. The average molecular weight is 502 g/mol. The summed E-state index contributed by atoms with van der Waals surface area (Å²) in [6.07, 6.45) is 2.02. The second kappa shape index (κ2) is 12.9. The van der Waals surface area contributed by atoms with Gasteiger partial charge in [0, 0.05) is 18.5 Å². The van der Waals surface area contributed by atoms with Gasteiger partial charge in [-0.3, -0.25) is 0 Å². The minimum absolute atomic E-state index is 0. The lowest BCUT2D eigenvalue weighted by Gasteiger charge is -2.15. The Labute approximate surface area is 184 Å². The van der Waals surface area contributed by atoms with Crippen LogP contribution in [0, 0.1) is 0 Å². The SMILES string of the molecule is CCNC(=NCc1csc(CC)n1)NCCC(C)c1ccc(OC)cc1.I. The van der Waals surface area contributed by atoms with Gasteiger partial charge in [0.15, 0.2) is 5.96 Å². The Hall–Kier alpha value is -1.35. The summed E-state index contributed by atoms with van der Waals surface area (Å²) in [5.74, 6) is 2.22. The van der Waals surface area contributed by atoms with Gasteiger partial charge in [-0.25, -0.2) is 9.98 Å². The molecule has 1 heterocycles. The molecule has 27 heavy (non-hydrogen) atoms. The molecule has 1 aromatic heterocycles. The lowest BCUT2D eigenvalue weighted by atomic mass is 9.98. The second-order valence-corrected chi connectivity index (χ2v) is 7.11. The molecule has 0 amide bonds. The Morgan fingerprint density at radius 2 is 1.96 bits per heavy atom. The molecule has 0 aliphatic rings. The van der Waals surface area contributed by atoms with E-state index in [1.165, 1.54) is 10.6 Å². The maximum absolute atomic E-state index is 5.22. The van der Waals surface area contributed by atoms with Gasteiger partial charge in [0.25, 0.3) is 0 Å². The first kappa shape index (κ1) is 23.7. The zero-order valence-corrected chi connectivity index (χ0v) is 19.8. The number of methoxy groups -OCH3 is 1. The van der Waals surface area contributed by atoms with Crippen molar-refractivity contribution < 1.29 is 4.74 Å². The van der Waals surface area contributed by atoms with E-state index in [2.05, 4.69) is 58.9 Å². The fourth-order valence-electron chi connectivity index (χ4n) is 2.59. The zero-order chi connectivity index (χ0) is 18.8. The largest absolute Gasteiger partial charge is 0.497 e. The van der Waals surface area contributed by atoms with Crippen LogP contribution in [0.1, 0.15) is 49.4 Å². The second-order valence-electron chi connectivity index (χ2n) is 6.17. The van der Waals surface area contributed by atoms with Crippen LogP contribution in [0.3, 0.4) is 0 Å². The molecule has 0 bridgehead atoms. The minimum Gasteiger partial charge on any atom is -0.497 e. The van der Waals surface area contributed by atoms with Gasteiger partial charge in [0.05, 0.1) is 24.4 Å². The van der Waals surface area contributed by atoms with Gasteiger partial charge in [-0.2, -0.15) is 0 Å². The highest BCUT2D eigenvalue weighted by atomic mass is 127. The topological polar surface area (TPSA) is 58.5 Å². The third-order valence-electron chi connectivity index (χ3n) is 4.20. The van der Waals surface area contributed by atoms with Crippen molar-refractivity contribution in [2.75, 3.05) is 20.2 Å². The monoisotopic (exact) mass is 502 g/mol. The predicted molar refractivity (Wildman–Crippen MR) is 126 cm³/mol. The summed E-state index contributed by atoms with van der Waals surface area (Å²) in [5.41, 5.74) is 2.36. The molecule has 5 nitrogen and oxygen atoms in total. The van der Waals surface area contributed by atoms with Crippen molar-refractivity contribution in [3.05, 3.63) is 45.9 Å². The van der Waals surface area contributed by atoms with Crippen molar-refractivity contribution in [1.29, 1.82) is 0 Å². The maximum atomic E-state index is 5.22. The molecule has 0 saturated carbocycles. The normalized spacial score (nSPS) is 12.2. The fraction of sp³-hybridized carbons (Fsp3) is 0.500. The number of nitrogens with one attached hydrogen (secondary N) is 2. The first-order valence-electron chi connectivity index (χ1n) is 9.25. The van der Waals surface area contributed by atoms with Crippen molar-refractivity contribution in [2.45, 2.75) is 46.1 Å². The van der Waals surface area contributed by atoms with Gasteiger partial charge in [-0.15, -0.1) is 35.3 Å². The lowest BCUT2D eigenvalue weighted by Crippen LogP contribution is -2.38. The zero-order valence-electron chi connectivity index (χ0n) is 16.6. The summed E-state index contributed by atoms with van der Waals surface area (Å²) >= 11 is 1.71. The molecule has 0 radical (unpaired) electrons. The standard InChI is InChI=1S/C20H30N4OS.HI/c1-5-19-24-17(14-26-19)13-23-20(21-6-2)22-12-11-15(3)16-7-9-18(25-4)10-8-16;/h7-10,14-15H,5-6,11-13H2,1-4H3,(H2,21,22,23);1H. The van der Waals surface area contributed by atoms with E-state index in [1.54, 1.807) is 18.4 Å². The fourth-order valence-corrected chi connectivity index (χ4v) is 3.33. The van der Waals surface area contributed by atoms with Gasteiger partial charge in [-0.05, 0) is 43.4 Å². The van der Waals surface area contributed by atoms with Crippen LogP contribution in [-0.2, 0) is 13.0 Å². The number of nitrogens with zero attached hydrogens (tertiary/aromatic N) is 2. The van der Waals surface area contributed by atoms with E-state index in [0.29, 0.717) is 12.5 Å². The van der Waals surface area contributed by atoms with Crippen molar-refractivity contribution in [3.63, 3.8) is 0 Å². The summed E-state index contributed by atoms with van der Waals surface area (Å²) in [6, 6.07) is 8.30. The highest BCUT2D eigenvalue weighted by Crippen LogP contribution is 2.21. The molecule has 150 valence electrons. The summed E-state index contributed by atoms with van der Waals surface area (Å²) < 4.78 is 5.22. The molecule has 0 aliphatic heterocycles. The van der Waals surface area contributed by atoms with E-state index >= 15 is 0 Å². The van der Waals surface area contributed by atoms with Crippen molar-refractivity contribution in [1.82, 2.24) is 15.6 Å². The van der Waals surface area contributed by atoms with Gasteiger partial charge in [-0.1, -0.05) is 26.0 Å². The highest BCUT2D eigenvalue weighted by molar-refractivity contribution is 14.0. The van der Waals surface area contributed by atoms with Crippen LogP contribution < -0.4 is 15.4 Å². The predicted octanol–water partition coefficient (Wildman–Crippen LogP) is 4.58. The molecule has 0 saturated heterocycles. The van der Waals surface area contributed by atoms with Gasteiger partial charge in [0.1, 0.15) is 5.75 Å². The summed E-state index contributed by atoms with van der Waals surface area (Å²) in [6.45, 7) is 8.78. The average Bonchev–Trinajstić information content (AvgIpc) is 3.14. The van der Waals surface area contributed by atoms with Crippen LogP contribution in [0.4, 0.5) is 0 Å². The first-order valence-corrected chi connectivity index (χ1v) is 10.1. The number of benzene rings is 1. The number of aliphatic imine (C=N–C) groups is 1. The van der Waals surface area contributed by atoms with Crippen LogP contribution in [0.5, 0.6) is 5.75 Å². The molecule has 0 spiro atoms. The molecular formula is C20H31IN4OS. The molecule has 2 rings (SSSR count). The number of halogens is 1. The molecule has 0 fully saturated rings. The van der Waals surface area contributed by atoms with E-state index < -0.39 is 0 Å². The molecule has 0 aliphatic carbocycles. The molecule has 1 atom stereocenters. The molecule has 2 aromatic rings. The summed E-state index contributed by atoms with van der Waals surface area (Å²) in [4.78, 5) is 9.21. The number of hydrogen-bond acceptors (Lipinski definition) is 4. The Morgan fingerprint density at radius 3 is 2.56 bits per heavy atom. The molecule has 1 unspecified atom stereocenters. The molecule has 1 aromatic carbocycles. The number of aryl methyl sites for hydroxylation is 1. The summed E-state index contributed by atoms with van der Waals surface area (Å²) in [7, 11) is 1.69. The Morgan fingerprint density at radius 1 is 1.22 bits per heavy atom. The van der Waals surface area contributed by atoms with Crippen LogP contribution in [0.2, 0.25) is 0 Å². The number of hydrogen-bond donors (Lipinski definition) is 2. The van der Waals surface area contributed by atoms with E-state index in [0.717, 1.165) is 43.3 Å². The third-order valence-corrected chi connectivity index (χ3v) is 5.24. The first-order chi connectivity index (χ1) is 12.7. The molecule has 2 N–H and O–H groups in total. The Kier molecular flexibility index (Phi) is 11.3. The smallest absolute Gasteiger partial charge is 0.191 e. The van der Waals surface area contributed by atoms with Crippen molar-refractivity contribution >= 4 is 41.3 Å². The molecule has 7 heteroatoms. The van der Waals surface area contributed by atoms with Crippen LogP contribution in [-0.4, -0.2) is 31.1 Å². The van der Waals surface area contributed by atoms with Crippen LogP contribution >= 0.6 is 35.3 Å². The summed E-state index contributed by atoms with van der Waals surface area (Å²) in [5, 5.41) is 9.99. The number of aromatic nitrogens is 1. The van der Waals surface area contributed by atoms with E-state index in [4.69, 9.17) is 4.74 Å². The maximum Gasteiger partial charge on any atom is 0.191 e. The number of ether oxygens (including phenoxy) is 1.